The van der Waals surface area contributed by atoms with Crippen molar-refractivity contribution >= 4 is 5.91 Å². The summed E-state index contributed by atoms with van der Waals surface area (Å²) in [5, 5.41) is 0. The first kappa shape index (κ1) is 15.8. The van der Waals surface area contributed by atoms with E-state index in [2.05, 4.69) is 30.6 Å². The van der Waals surface area contributed by atoms with Gasteiger partial charge in [0.15, 0.2) is 0 Å². The maximum atomic E-state index is 12.7. The molecule has 0 aromatic rings. The van der Waals surface area contributed by atoms with Gasteiger partial charge in [0.05, 0.1) is 5.92 Å². The van der Waals surface area contributed by atoms with Gasteiger partial charge in [-0.1, -0.05) is 20.8 Å². The number of amides is 1. The fourth-order valence-corrected chi connectivity index (χ4v) is 3.59. The zero-order valence-corrected chi connectivity index (χ0v) is 13.3. The molecule has 1 saturated heterocycles. The van der Waals surface area contributed by atoms with Crippen molar-refractivity contribution in [3.8, 4) is 0 Å². The largest absolute Gasteiger partial charge is 0.340 e. The molecule has 1 heterocycles. The van der Waals surface area contributed by atoms with E-state index < -0.39 is 0 Å². The summed E-state index contributed by atoms with van der Waals surface area (Å²) in [6.07, 6.45) is 3.16. The van der Waals surface area contributed by atoms with Gasteiger partial charge in [-0.2, -0.15) is 0 Å². The summed E-state index contributed by atoms with van der Waals surface area (Å²) >= 11 is 0. The number of hydrogen-bond donors (Lipinski definition) is 1. The van der Waals surface area contributed by atoms with Crippen LogP contribution in [0, 0.1) is 17.8 Å². The van der Waals surface area contributed by atoms with Crippen LogP contribution in [0.5, 0.6) is 0 Å². The average molecular weight is 281 g/mol. The van der Waals surface area contributed by atoms with Gasteiger partial charge in [-0.15, -0.1) is 0 Å². The molecule has 3 atom stereocenters. The zero-order valence-electron chi connectivity index (χ0n) is 13.3. The third-order valence-electron chi connectivity index (χ3n) is 4.79. The third kappa shape index (κ3) is 3.95. The van der Waals surface area contributed by atoms with Crippen LogP contribution < -0.4 is 5.73 Å². The number of hydrogen-bond acceptors (Lipinski definition) is 3. The molecule has 4 heteroatoms. The first-order valence-electron chi connectivity index (χ1n) is 8.24. The Morgan fingerprint density at radius 3 is 2.45 bits per heavy atom. The minimum atomic E-state index is 0.0652. The topological polar surface area (TPSA) is 49.6 Å². The molecule has 4 nitrogen and oxygen atoms in total. The Balaban J connectivity index is 1.85. The SMILES string of the molecule is CC(C)CN1CCN(C(=O)C2CC(C)CCC2N)CC1. The van der Waals surface area contributed by atoms with Crippen LogP contribution in [0.1, 0.15) is 40.0 Å². The predicted octanol–water partition coefficient (Wildman–Crippen LogP) is 1.55. The molecular formula is C16H31N3O. The molecule has 0 bridgehead atoms. The number of piperazine rings is 1. The van der Waals surface area contributed by atoms with Crippen molar-refractivity contribution in [3.05, 3.63) is 0 Å². The van der Waals surface area contributed by atoms with E-state index >= 15 is 0 Å². The molecule has 1 amide bonds. The summed E-state index contributed by atoms with van der Waals surface area (Å²) in [6.45, 7) is 11.7. The van der Waals surface area contributed by atoms with Gasteiger partial charge < -0.3 is 10.6 Å². The van der Waals surface area contributed by atoms with Crippen LogP contribution >= 0.6 is 0 Å². The fourth-order valence-electron chi connectivity index (χ4n) is 3.59. The summed E-state index contributed by atoms with van der Waals surface area (Å²) in [4.78, 5) is 17.2. The van der Waals surface area contributed by atoms with Crippen LogP contribution in [0.15, 0.2) is 0 Å². The second kappa shape index (κ2) is 6.90. The normalized spacial score (nSPS) is 32.6. The third-order valence-corrected chi connectivity index (χ3v) is 4.79. The van der Waals surface area contributed by atoms with Gasteiger partial charge >= 0.3 is 0 Å². The molecule has 3 unspecified atom stereocenters. The highest BCUT2D eigenvalue weighted by Gasteiger charge is 2.35. The maximum Gasteiger partial charge on any atom is 0.227 e. The molecule has 1 aliphatic carbocycles. The van der Waals surface area contributed by atoms with Crippen molar-refractivity contribution in [2.24, 2.45) is 23.5 Å². The van der Waals surface area contributed by atoms with E-state index in [-0.39, 0.29) is 12.0 Å². The molecule has 1 saturated carbocycles. The first-order chi connectivity index (χ1) is 9.47. The van der Waals surface area contributed by atoms with Crippen LogP contribution in [0.25, 0.3) is 0 Å². The standard InChI is InChI=1S/C16H31N3O/c1-12(2)11-18-6-8-19(9-7-18)16(20)14-10-13(3)4-5-15(14)17/h12-15H,4-11,17H2,1-3H3. The van der Waals surface area contributed by atoms with E-state index in [9.17, 15) is 4.79 Å². The highest BCUT2D eigenvalue weighted by atomic mass is 16.2. The second-order valence-electron chi connectivity index (χ2n) is 7.21. The second-order valence-corrected chi connectivity index (χ2v) is 7.21. The summed E-state index contributed by atoms with van der Waals surface area (Å²) in [5.41, 5.74) is 6.18. The summed E-state index contributed by atoms with van der Waals surface area (Å²) < 4.78 is 0. The first-order valence-corrected chi connectivity index (χ1v) is 8.24. The van der Waals surface area contributed by atoms with Gasteiger partial charge in [-0.3, -0.25) is 9.69 Å². The van der Waals surface area contributed by atoms with Gasteiger partial charge in [0.1, 0.15) is 0 Å². The Bertz CT molecular complexity index is 324. The summed E-state index contributed by atoms with van der Waals surface area (Å²) in [5.74, 6) is 1.72. The van der Waals surface area contributed by atoms with Gasteiger partial charge in [0, 0.05) is 38.8 Å². The predicted molar refractivity (Wildman–Crippen MR) is 82.3 cm³/mol. The molecule has 0 radical (unpaired) electrons. The van der Waals surface area contributed by atoms with E-state index in [0.717, 1.165) is 45.6 Å². The monoisotopic (exact) mass is 281 g/mol. The lowest BCUT2D eigenvalue weighted by molar-refractivity contribution is -0.139. The van der Waals surface area contributed by atoms with E-state index in [1.165, 1.54) is 6.42 Å². The van der Waals surface area contributed by atoms with Crippen LogP contribution in [0.3, 0.4) is 0 Å². The Morgan fingerprint density at radius 2 is 1.85 bits per heavy atom. The summed E-state index contributed by atoms with van der Waals surface area (Å²) in [6, 6.07) is 0.0763. The maximum absolute atomic E-state index is 12.7. The Labute approximate surface area is 123 Å². The van der Waals surface area contributed by atoms with Gasteiger partial charge in [-0.25, -0.2) is 0 Å². The van der Waals surface area contributed by atoms with Crippen molar-refractivity contribution in [2.75, 3.05) is 32.7 Å². The van der Waals surface area contributed by atoms with E-state index in [0.29, 0.717) is 17.7 Å². The molecule has 116 valence electrons. The van der Waals surface area contributed by atoms with Crippen molar-refractivity contribution < 1.29 is 4.79 Å². The number of carbonyl (C=O) groups excluding carboxylic acids is 1. The highest BCUT2D eigenvalue weighted by molar-refractivity contribution is 5.79. The highest BCUT2D eigenvalue weighted by Crippen LogP contribution is 2.29. The van der Waals surface area contributed by atoms with E-state index in [4.69, 9.17) is 5.73 Å². The molecule has 2 fully saturated rings. The van der Waals surface area contributed by atoms with Gasteiger partial charge in [0.25, 0.3) is 0 Å². The molecule has 2 aliphatic rings. The summed E-state index contributed by atoms with van der Waals surface area (Å²) in [7, 11) is 0. The van der Waals surface area contributed by atoms with Crippen molar-refractivity contribution in [2.45, 2.75) is 46.1 Å². The lowest BCUT2D eigenvalue weighted by Gasteiger charge is -2.40. The Kier molecular flexibility index (Phi) is 5.44. The average Bonchev–Trinajstić information content (AvgIpc) is 2.41. The van der Waals surface area contributed by atoms with Crippen LogP contribution in [-0.2, 0) is 4.79 Å². The van der Waals surface area contributed by atoms with Crippen LogP contribution in [0.2, 0.25) is 0 Å². The van der Waals surface area contributed by atoms with Gasteiger partial charge in [0.2, 0.25) is 5.91 Å². The van der Waals surface area contributed by atoms with E-state index in [1.807, 2.05) is 0 Å². The zero-order chi connectivity index (χ0) is 14.7. The molecule has 1 aliphatic heterocycles. The fraction of sp³-hybridized carbons (Fsp3) is 0.938. The Morgan fingerprint density at radius 1 is 1.20 bits per heavy atom. The van der Waals surface area contributed by atoms with Gasteiger partial charge in [-0.05, 0) is 31.1 Å². The van der Waals surface area contributed by atoms with Crippen LogP contribution in [-0.4, -0.2) is 54.5 Å². The molecule has 0 aromatic carbocycles. The van der Waals surface area contributed by atoms with Crippen molar-refractivity contribution in [1.82, 2.24) is 9.80 Å². The van der Waals surface area contributed by atoms with Crippen LogP contribution in [0.4, 0.5) is 0 Å². The molecule has 2 N–H and O–H groups in total. The Hall–Kier alpha value is -0.610. The molecule has 20 heavy (non-hydrogen) atoms. The molecule has 2 rings (SSSR count). The number of rotatable bonds is 3. The lowest BCUT2D eigenvalue weighted by atomic mass is 9.78. The number of carbonyl (C=O) groups is 1. The van der Waals surface area contributed by atoms with E-state index in [1.54, 1.807) is 0 Å². The lowest BCUT2D eigenvalue weighted by Crippen LogP contribution is -2.54. The molecular weight excluding hydrogens is 250 g/mol. The minimum Gasteiger partial charge on any atom is -0.340 e. The molecule has 0 spiro atoms. The number of nitrogens with zero attached hydrogens (tertiary/aromatic N) is 2. The number of nitrogens with two attached hydrogens (primary N) is 1. The minimum absolute atomic E-state index is 0.0652. The quantitative estimate of drug-likeness (QED) is 0.854. The van der Waals surface area contributed by atoms with Crippen molar-refractivity contribution in [1.29, 1.82) is 0 Å². The smallest absolute Gasteiger partial charge is 0.227 e. The van der Waals surface area contributed by atoms with Crippen molar-refractivity contribution in [3.63, 3.8) is 0 Å². The molecule has 0 aromatic heterocycles.